The highest BCUT2D eigenvalue weighted by Crippen LogP contribution is 2.46. The molecule has 4 atom stereocenters. The predicted octanol–water partition coefficient (Wildman–Crippen LogP) is 5.46. The lowest BCUT2D eigenvalue weighted by molar-refractivity contribution is -0.141. The number of hydrogen-bond acceptors (Lipinski definition) is 8. The third kappa shape index (κ3) is 9.39. The predicted molar refractivity (Wildman–Crippen MR) is 197 cm³/mol. The van der Waals surface area contributed by atoms with E-state index in [1.54, 1.807) is 29.2 Å². The molecule has 2 aliphatic carbocycles. The van der Waals surface area contributed by atoms with Crippen molar-refractivity contribution < 1.29 is 38.5 Å². The van der Waals surface area contributed by atoms with Gasteiger partial charge < -0.3 is 30.5 Å². The monoisotopic (exact) mass is 731 g/mol. The van der Waals surface area contributed by atoms with Crippen LogP contribution in [0.3, 0.4) is 0 Å². The maximum absolute atomic E-state index is 13.7. The third-order valence-corrected chi connectivity index (χ3v) is 11.5. The normalized spacial score (nSPS) is 20.0. The van der Waals surface area contributed by atoms with Crippen LogP contribution in [0.4, 0.5) is 10.1 Å². The number of aliphatic hydroxyl groups excluding tert-OH is 1. The topological polar surface area (TPSA) is 145 Å². The molecular formula is C40H46FN3O7S. The Morgan fingerprint density at radius 3 is 2.35 bits per heavy atom. The SMILES string of the molecule is O=C(CNC(=O)COc1ccc([C@@H]2[C@@H](SC[C@H](O)c3ccc4c(c3)CCCC4)C(=O)N2c2ccc(F)cc2)cc1)C[C@@H](NC1CCCCC1)C(=O)O. The molecule has 276 valence electrons. The van der Waals surface area contributed by atoms with E-state index in [0.29, 0.717) is 17.2 Å². The number of ketones is 1. The van der Waals surface area contributed by atoms with Gasteiger partial charge in [-0.1, -0.05) is 49.6 Å². The van der Waals surface area contributed by atoms with Gasteiger partial charge in [0.1, 0.15) is 22.9 Å². The maximum atomic E-state index is 13.7. The highest BCUT2D eigenvalue weighted by atomic mass is 32.2. The van der Waals surface area contributed by atoms with E-state index in [0.717, 1.165) is 62.5 Å². The largest absolute Gasteiger partial charge is 0.484 e. The minimum Gasteiger partial charge on any atom is -0.484 e. The molecule has 12 heteroatoms. The van der Waals surface area contributed by atoms with Gasteiger partial charge in [-0.15, -0.1) is 11.8 Å². The van der Waals surface area contributed by atoms with Crippen LogP contribution in [0.5, 0.6) is 5.75 Å². The van der Waals surface area contributed by atoms with E-state index in [-0.39, 0.29) is 37.6 Å². The molecule has 2 amide bonds. The molecule has 1 aliphatic heterocycles. The number of carboxylic acid groups (broad SMARTS) is 1. The van der Waals surface area contributed by atoms with Gasteiger partial charge in [0.15, 0.2) is 12.4 Å². The van der Waals surface area contributed by atoms with Crippen LogP contribution in [0.1, 0.15) is 85.8 Å². The second-order valence-electron chi connectivity index (χ2n) is 13.9. The van der Waals surface area contributed by atoms with Crippen molar-refractivity contribution in [2.45, 2.75) is 93.7 Å². The Balaban J connectivity index is 1.03. The quantitative estimate of drug-likeness (QED) is 0.141. The summed E-state index contributed by atoms with van der Waals surface area (Å²) in [5.41, 5.74) is 4.84. The number of nitrogens with zero attached hydrogens (tertiary/aromatic N) is 1. The lowest BCUT2D eigenvalue weighted by atomic mass is 9.90. The molecule has 52 heavy (non-hydrogen) atoms. The lowest BCUT2D eigenvalue weighted by Gasteiger charge is -2.47. The number of aliphatic hydroxyl groups is 1. The summed E-state index contributed by atoms with van der Waals surface area (Å²) in [6.45, 7) is -0.648. The van der Waals surface area contributed by atoms with Crippen molar-refractivity contribution in [1.82, 2.24) is 10.6 Å². The van der Waals surface area contributed by atoms with E-state index < -0.39 is 40.9 Å². The van der Waals surface area contributed by atoms with Crippen molar-refractivity contribution in [3.8, 4) is 5.75 Å². The van der Waals surface area contributed by atoms with Crippen LogP contribution in [0.2, 0.25) is 0 Å². The van der Waals surface area contributed by atoms with Crippen molar-refractivity contribution in [2.75, 3.05) is 23.8 Å². The molecule has 3 aromatic rings. The van der Waals surface area contributed by atoms with Crippen molar-refractivity contribution in [2.24, 2.45) is 0 Å². The Labute approximate surface area is 307 Å². The highest BCUT2D eigenvalue weighted by Gasteiger charge is 2.49. The molecule has 6 rings (SSSR count). The van der Waals surface area contributed by atoms with E-state index in [2.05, 4.69) is 22.8 Å². The number of nitrogens with one attached hydrogen (secondary N) is 2. The number of amides is 2. The van der Waals surface area contributed by atoms with E-state index in [1.807, 2.05) is 18.2 Å². The van der Waals surface area contributed by atoms with Crippen LogP contribution in [0, 0.1) is 5.82 Å². The number of β-lactam (4-membered cyclic amide) rings is 1. The van der Waals surface area contributed by atoms with Crippen LogP contribution in [-0.4, -0.2) is 70.0 Å². The summed E-state index contributed by atoms with van der Waals surface area (Å²) in [6, 6.07) is 17.6. The number of rotatable bonds is 16. The number of aliphatic carboxylic acids is 1. The van der Waals surface area contributed by atoms with Gasteiger partial charge in [-0.2, -0.15) is 0 Å². The van der Waals surface area contributed by atoms with Gasteiger partial charge in [0.25, 0.3) is 5.91 Å². The zero-order valence-corrected chi connectivity index (χ0v) is 29.9. The number of carbonyl (C=O) groups excluding carboxylic acids is 3. The molecule has 1 heterocycles. The summed E-state index contributed by atoms with van der Waals surface area (Å²) in [7, 11) is 0. The first-order valence-electron chi connectivity index (χ1n) is 18.2. The Morgan fingerprint density at radius 1 is 0.923 bits per heavy atom. The number of hydrogen-bond donors (Lipinski definition) is 4. The molecule has 0 aromatic heterocycles. The number of thioether (sulfide) groups is 1. The van der Waals surface area contributed by atoms with Crippen LogP contribution in [0.25, 0.3) is 0 Å². The Morgan fingerprint density at radius 2 is 1.63 bits per heavy atom. The molecule has 0 spiro atoms. The number of Topliss-reactive ketones (excluding diaryl/α,β-unsaturated/α-hetero) is 1. The molecular weight excluding hydrogens is 686 g/mol. The average molecular weight is 732 g/mol. The second-order valence-corrected chi connectivity index (χ2v) is 15.1. The minimum atomic E-state index is -1.09. The van der Waals surface area contributed by atoms with Crippen LogP contribution < -0.4 is 20.3 Å². The molecule has 2 fully saturated rings. The fourth-order valence-corrected chi connectivity index (χ4v) is 8.62. The summed E-state index contributed by atoms with van der Waals surface area (Å²) < 4.78 is 19.4. The number of benzene rings is 3. The molecule has 1 saturated carbocycles. The summed E-state index contributed by atoms with van der Waals surface area (Å²) in [5, 5.41) is 25.8. The molecule has 10 nitrogen and oxygen atoms in total. The molecule has 0 unspecified atom stereocenters. The number of ether oxygens (including phenoxy) is 1. The molecule has 3 aromatic carbocycles. The number of carboxylic acids is 1. The van der Waals surface area contributed by atoms with Gasteiger partial charge >= 0.3 is 5.97 Å². The van der Waals surface area contributed by atoms with Crippen LogP contribution in [-0.2, 0) is 32.0 Å². The molecule has 1 saturated heterocycles. The number of anilines is 1. The number of carbonyl (C=O) groups is 4. The van der Waals surface area contributed by atoms with E-state index in [9.17, 15) is 33.8 Å². The molecule has 3 aliphatic rings. The Hall–Kier alpha value is -4.26. The smallest absolute Gasteiger partial charge is 0.321 e. The van der Waals surface area contributed by atoms with E-state index in [4.69, 9.17) is 4.74 Å². The summed E-state index contributed by atoms with van der Waals surface area (Å²) in [6.07, 6.45) is 8.41. The first-order chi connectivity index (χ1) is 25.2. The molecule has 0 radical (unpaired) electrons. The van der Waals surface area contributed by atoms with Gasteiger partial charge in [0, 0.05) is 23.9 Å². The van der Waals surface area contributed by atoms with Gasteiger partial charge in [-0.3, -0.25) is 19.2 Å². The lowest BCUT2D eigenvalue weighted by Crippen LogP contribution is -2.57. The minimum absolute atomic E-state index is 0.0788. The number of aryl methyl sites for hydroxylation is 2. The van der Waals surface area contributed by atoms with E-state index >= 15 is 0 Å². The fourth-order valence-electron chi connectivity index (χ4n) is 7.32. The fraction of sp³-hybridized carbons (Fsp3) is 0.450. The van der Waals surface area contributed by atoms with Crippen molar-refractivity contribution >= 4 is 41.0 Å². The van der Waals surface area contributed by atoms with Crippen LogP contribution >= 0.6 is 11.8 Å². The van der Waals surface area contributed by atoms with Crippen molar-refractivity contribution in [3.05, 3.63) is 94.8 Å². The van der Waals surface area contributed by atoms with Crippen molar-refractivity contribution in [3.63, 3.8) is 0 Å². The number of fused-ring (bicyclic) bond motifs is 1. The first kappa shape index (κ1) is 37.5. The van der Waals surface area contributed by atoms with Gasteiger partial charge in [0.05, 0.1) is 18.7 Å². The van der Waals surface area contributed by atoms with Gasteiger partial charge in [-0.05, 0) is 97.2 Å². The van der Waals surface area contributed by atoms with E-state index in [1.165, 1.54) is 41.4 Å². The summed E-state index contributed by atoms with van der Waals surface area (Å²) in [5.74, 6) is -1.81. The maximum Gasteiger partial charge on any atom is 0.321 e. The van der Waals surface area contributed by atoms with Crippen LogP contribution in [0.15, 0.2) is 66.7 Å². The molecule has 0 bridgehead atoms. The summed E-state index contributed by atoms with van der Waals surface area (Å²) in [4.78, 5) is 51.8. The standard InChI is InChI=1S/C40H46FN3O7S/c41-29-14-16-31(17-15-29)44-37(38(39(44)48)52-24-35(46)28-11-10-25-6-4-5-7-27(25)20-28)26-12-18-33(19-13-26)51-23-36(47)42-22-32(45)21-34(40(49)50)43-30-8-2-1-3-9-30/h10-20,30,34-35,37-38,43,46H,1-9,21-24H2,(H,42,47)(H,49,50)/t34-,35+,37-,38-/m1/s1. The third-order valence-electron chi connectivity index (χ3n) is 10.2. The number of halogens is 1. The summed E-state index contributed by atoms with van der Waals surface area (Å²) >= 11 is 1.39. The second kappa shape index (κ2) is 17.5. The molecule has 4 N–H and O–H groups in total. The highest BCUT2D eigenvalue weighted by molar-refractivity contribution is 8.00. The first-order valence-corrected chi connectivity index (χ1v) is 19.2. The van der Waals surface area contributed by atoms with Gasteiger partial charge in [-0.25, -0.2) is 4.39 Å². The van der Waals surface area contributed by atoms with Gasteiger partial charge in [0.2, 0.25) is 5.91 Å². The zero-order chi connectivity index (χ0) is 36.6. The Bertz CT molecular complexity index is 1730. The Kier molecular flexibility index (Phi) is 12.6. The van der Waals surface area contributed by atoms with Crippen molar-refractivity contribution in [1.29, 1.82) is 0 Å². The zero-order valence-electron chi connectivity index (χ0n) is 29.1. The average Bonchev–Trinajstić information content (AvgIpc) is 3.16.